The maximum Gasteiger partial charge on any atom is 0.193 e. The van der Waals surface area contributed by atoms with E-state index in [1.54, 1.807) is 13.1 Å². The molecule has 3 rings (SSSR count). The second-order valence-corrected chi connectivity index (χ2v) is 6.27. The number of guanidine groups is 1. The van der Waals surface area contributed by atoms with E-state index in [0.29, 0.717) is 44.2 Å². The van der Waals surface area contributed by atoms with E-state index >= 15 is 0 Å². The van der Waals surface area contributed by atoms with Crippen molar-refractivity contribution in [2.45, 2.75) is 13.0 Å². The highest BCUT2D eigenvalue weighted by Crippen LogP contribution is 2.31. The molecule has 0 fully saturated rings. The van der Waals surface area contributed by atoms with Crippen molar-refractivity contribution in [1.29, 1.82) is 0 Å². The highest BCUT2D eigenvalue weighted by atomic mass is 127. The number of nitrogens with zero attached hydrogens (tertiary/aromatic N) is 2. The van der Waals surface area contributed by atoms with Crippen LogP contribution in [0.1, 0.15) is 11.1 Å². The summed E-state index contributed by atoms with van der Waals surface area (Å²) in [4.78, 5) is 6.20. The Balaban J connectivity index is 0.00000280. The van der Waals surface area contributed by atoms with E-state index in [2.05, 4.69) is 10.3 Å². The summed E-state index contributed by atoms with van der Waals surface area (Å²) in [6, 6.07) is 10.1. The fourth-order valence-corrected chi connectivity index (χ4v) is 2.97. The lowest BCUT2D eigenvalue weighted by atomic mass is 10.1. The molecule has 0 saturated heterocycles. The average Bonchev–Trinajstić information content (AvgIpc) is 2.68. The lowest BCUT2D eigenvalue weighted by molar-refractivity contribution is 0.171. The third-order valence-electron chi connectivity index (χ3n) is 4.31. The van der Waals surface area contributed by atoms with Crippen LogP contribution in [0.25, 0.3) is 0 Å². The number of benzene rings is 2. The van der Waals surface area contributed by atoms with Gasteiger partial charge >= 0.3 is 0 Å². The SMILES string of the molecule is CN=C(NCCc1cccc(F)c1F)N(C)Cc1ccc2c(c1)OCCO2.I. The van der Waals surface area contributed by atoms with Crippen molar-refractivity contribution in [3.63, 3.8) is 0 Å². The fraction of sp³-hybridized carbons (Fsp3) is 0.350. The van der Waals surface area contributed by atoms with Crippen molar-refractivity contribution in [3.05, 3.63) is 59.2 Å². The Morgan fingerprint density at radius 3 is 2.64 bits per heavy atom. The van der Waals surface area contributed by atoms with Crippen LogP contribution >= 0.6 is 24.0 Å². The molecule has 2 aromatic carbocycles. The molecule has 8 heteroatoms. The van der Waals surface area contributed by atoms with Gasteiger partial charge in [-0.3, -0.25) is 4.99 Å². The van der Waals surface area contributed by atoms with Gasteiger partial charge in [0.05, 0.1) is 0 Å². The minimum atomic E-state index is -0.826. The summed E-state index contributed by atoms with van der Waals surface area (Å²) in [7, 11) is 3.60. The fourth-order valence-electron chi connectivity index (χ4n) is 2.97. The summed E-state index contributed by atoms with van der Waals surface area (Å²) in [6.45, 7) is 2.17. The van der Waals surface area contributed by atoms with Gasteiger partial charge in [0.15, 0.2) is 29.1 Å². The normalized spacial score (nSPS) is 12.9. The van der Waals surface area contributed by atoms with Crippen LogP contribution < -0.4 is 14.8 Å². The molecule has 0 bridgehead atoms. The third kappa shape index (κ3) is 5.46. The summed E-state index contributed by atoms with van der Waals surface area (Å²) in [6.07, 6.45) is 0.362. The summed E-state index contributed by atoms with van der Waals surface area (Å²) in [5, 5.41) is 3.18. The molecule has 2 aromatic rings. The van der Waals surface area contributed by atoms with Gasteiger partial charge in [-0.25, -0.2) is 8.78 Å². The molecule has 1 aliphatic rings. The molecule has 0 aliphatic carbocycles. The van der Waals surface area contributed by atoms with E-state index in [1.807, 2.05) is 30.1 Å². The Labute approximate surface area is 180 Å². The third-order valence-corrected chi connectivity index (χ3v) is 4.31. The lowest BCUT2D eigenvalue weighted by Crippen LogP contribution is -2.39. The molecule has 0 atom stereocenters. The Morgan fingerprint density at radius 2 is 1.89 bits per heavy atom. The van der Waals surface area contributed by atoms with Crippen LogP contribution in [0.4, 0.5) is 8.78 Å². The van der Waals surface area contributed by atoms with E-state index in [0.717, 1.165) is 23.1 Å². The molecule has 0 unspecified atom stereocenters. The molecule has 0 aromatic heterocycles. The number of fused-ring (bicyclic) bond motifs is 1. The van der Waals surface area contributed by atoms with Crippen molar-refractivity contribution in [2.24, 2.45) is 4.99 Å². The van der Waals surface area contributed by atoms with Gasteiger partial charge in [0.2, 0.25) is 0 Å². The smallest absolute Gasteiger partial charge is 0.193 e. The molecule has 28 heavy (non-hydrogen) atoms. The number of hydrogen-bond donors (Lipinski definition) is 1. The van der Waals surface area contributed by atoms with E-state index in [4.69, 9.17) is 9.47 Å². The lowest BCUT2D eigenvalue weighted by Gasteiger charge is -2.24. The molecule has 1 aliphatic heterocycles. The Morgan fingerprint density at radius 1 is 1.14 bits per heavy atom. The summed E-state index contributed by atoms with van der Waals surface area (Å²) in [5.74, 6) is 0.553. The number of rotatable bonds is 5. The minimum absolute atomic E-state index is 0. The molecule has 0 radical (unpaired) electrons. The van der Waals surface area contributed by atoms with Crippen LogP contribution in [-0.2, 0) is 13.0 Å². The standard InChI is InChI=1S/C20H23F2N3O2.HI/c1-23-20(24-9-8-15-4-3-5-16(21)19(15)22)25(2)13-14-6-7-17-18(12-14)27-11-10-26-17;/h3-7,12H,8-11,13H2,1-2H3,(H,23,24);1H. The van der Waals surface area contributed by atoms with E-state index in [-0.39, 0.29) is 24.0 Å². The maximum absolute atomic E-state index is 13.7. The van der Waals surface area contributed by atoms with Crippen LogP contribution in [-0.4, -0.2) is 44.7 Å². The zero-order chi connectivity index (χ0) is 19.2. The van der Waals surface area contributed by atoms with Crippen molar-refractivity contribution in [2.75, 3.05) is 33.9 Å². The van der Waals surface area contributed by atoms with Gasteiger partial charge < -0.3 is 19.7 Å². The van der Waals surface area contributed by atoms with Gasteiger partial charge in [0.1, 0.15) is 13.2 Å². The zero-order valence-corrected chi connectivity index (χ0v) is 18.2. The van der Waals surface area contributed by atoms with Crippen molar-refractivity contribution < 1.29 is 18.3 Å². The van der Waals surface area contributed by atoms with Gasteiger partial charge in [-0.2, -0.15) is 0 Å². The maximum atomic E-state index is 13.7. The molecule has 5 nitrogen and oxygen atoms in total. The van der Waals surface area contributed by atoms with Gasteiger partial charge in [0, 0.05) is 27.2 Å². The first-order valence-electron chi connectivity index (χ1n) is 8.81. The summed E-state index contributed by atoms with van der Waals surface area (Å²) < 4.78 is 38.1. The van der Waals surface area contributed by atoms with Crippen LogP contribution in [0.3, 0.4) is 0 Å². The zero-order valence-electron chi connectivity index (χ0n) is 15.9. The van der Waals surface area contributed by atoms with Crippen LogP contribution in [0.5, 0.6) is 11.5 Å². The first-order valence-corrected chi connectivity index (χ1v) is 8.81. The molecule has 1 heterocycles. The van der Waals surface area contributed by atoms with Gasteiger partial charge in [-0.1, -0.05) is 18.2 Å². The van der Waals surface area contributed by atoms with E-state index in [1.165, 1.54) is 6.07 Å². The largest absolute Gasteiger partial charge is 0.486 e. The molecular formula is C20H24F2IN3O2. The Hall–Kier alpha value is -2.10. The molecule has 1 N–H and O–H groups in total. The molecule has 0 amide bonds. The summed E-state index contributed by atoms with van der Waals surface area (Å²) in [5.41, 5.74) is 1.40. The predicted octanol–water partition coefficient (Wildman–Crippen LogP) is 3.60. The minimum Gasteiger partial charge on any atom is -0.486 e. The van der Waals surface area contributed by atoms with Crippen molar-refractivity contribution in [3.8, 4) is 11.5 Å². The highest BCUT2D eigenvalue weighted by molar-refractivity contribution is 14.0. The van der Waals surface area contributed by atoms with Crippen molar-refractivity contribution in [1.82, 2.24) is 10.2 Å². The van der Waals surface area contributed by atoms with Gasteiger partial charge in [0.25, 0.3) is 0 Å². The number of aliphatic imine (C=N–C) groups is 1. The second kappa shape index (κ2) is 10.4. The number of ether oxygens (including phenoxy) is 2. The summed E-state index contributed by atoms with van der Waals surface area (Å²) >= 11 is 0. The first kappa shape index (κ1) is 22.2. The van der Waals surface area contributed by atoms with Crippen LogP contribution in [0.2, 0.25) is 0 Å². The van der Waals surface area contributed by atoms with Gasteiger partial charge in [-0.15, -0.1) is 24.0 Å². The number of nitrogens with one attached hydrogen (secondary N) is 1. The number of hydrogen-bond acceptors (Lipinski definition) is 3. The van der Waals surface area contributed by atoms with Crippen LogP contribution in [0.15, 0.2) is 41.4 Å². The van der Waals surface area contributed by atoms with E-state index in [9.17, 15) is 8.78 Å². The molecular weight excluding hydrogens is 479 g/mol. The van der Waals surface area contributed by atoms with Crippen molar-refractivity contribution >= 4 is 29.9 Å². The van der Waals surface area contributed by atoms with Gasteiger partial charge in [-0.05, 0) is 35.7 Å². The quantitative estimate of drug-likeness (QED) is 0.385. The predicted molar refractivity (Wildman–Crippen MR) is 116 cm³/mol. The molecule has 0 saturated carbocycles. The van der Waals surface area contributed by atoms with Crippen LogP contribution in [0, 0.1) is 11.6 Å². The number of halogens is 3. The molecule has 0 spiro atoms. The Bertz CT molecular complexity index is 833. The Kier molecular flexibility index (Phi) is 8.28. The topological polar surface area (TPSA) is 46.1 Å². The van der Waals surface area contributed by atoms with E-state index < -0.39 is 11.6 Å². The second-order valence-electron chi connectivity index (χ2n) is 6.27. The molecule has 152 valence electrons. The average molecular weight is 503 g/mol. The monoisotopic (exact) mass is 503 g/mol. The highest BCUT2D eigenvalue weighted by Gasteiger charge is 2.14. The first-order chi connectivity index (χ1) is 13.1.